The zero-order valence-corrected chi connectivity index (χ0v) is 13.0. The molecule has 1 aromatic carbocycles. The second-order valence-electron chi connectivity index (χ2n) is 6.03. The highest BCUT2D eigenvalue weighted by Crippen LogP contribution is 2.33. The van der Waals surface area contributed by atoms with Crippen LogP contribution >= 0.6 is 11.6 Å². The van der Waals surface area contributed by atoms with E-state index in [1.807, 2.05) is 0 Å². The van der Waals surface area contributed by atoms with Gasteiger partial charge in [0.2, 0.25) is 0 Å². The molecule has 1 N–H and O–H groups in total. The van der Waals surface area contributed by atoms with Crippen LogP contribution in [0.15, 0.2) is 18.2 Å². The van der Waals surface area contributed by atoms with Crippen molar-refractivity contribution in [3.63, 3.8) is 0 Å². The molecule has 2 fully saturated rings. The fraction of sp³-hybridized carbons (Fsp3) is 0.625. The summed E-state index contributed by atoms with van der Waals surface area (Å²) in [4.78, 5) is 4.78. The van der Waals surface area contributed by atoms with Crippen molar-refractivity contribution in [1.29, 1.82) is 0 Å². The molecule has 110 valence electrons. The number of nitrogens with one attached hydrogen (secondary N) is 1. The van der Waals surface area contributed by atoms with E-state index in [0.29, 0.717) is 5.92 Å². The van der Waals surface area contributed by atoms with Crippen LogP contribution in [-0.2, 0) is 0 Å². The number of piperidine rings is 1. The first kappa shape index (κ1) is 14.2. The molecule has 0 unspecified atom stereocenters. The fourth-order valence-corrected chi connectivity index (χ4v) is 3.54. The molecule has 20 heavy (non-hydrogen) atoms. The number of rotatable bonds is 2. The van der Waals surface area contributed by atoms with Crippen LogP contribution < -0.4 is 10.2 Å². The topological polar surface area (TPSA) is 18.5 Å². The molecule has 0 amide bonds. The summed E-state index contributed by atoms with van der Waals surface area (Å²) in [6.07, 6.45) is 2.45. The van der Waals surface area contributed by atoms with Crippen molar-refractivity contribution in [1.82, 2.24) is 10.2 Å². The third kappa shape index (κ3) is 3.11. The Balaban J connectivity index is 1.73. The molecule has 2 saturated heterocycles. The lowest BCUT2D eigenvalue weighted by Crippen LogP contribution is -2.44. The third-order valence-electron chi connectivity index (χ3n) is 4.63. The monoisotopic (exact) mass is 293 g/mol. The Morgan fingerprint density at radius 1 is 1.10 bits per heavy atom. The highest BCUT2D eigenvalue weighted by Gasteiger charge is 2.19. The van der Waals surface area contributed by atoms with Crippen molar-refractivity contribution < 1.29 is 0 Å². The standard InChI is InChI=1S/C16H24ClN3/c1-19-8-10-20(11-9-19)16-3-2-14(12-15(16)17)13-4-6-18-7-5-13/h2-3,12-13,18H,4-11H2,1H3. The lowest BCUT2D eigenvalue weighted by molar-refractivity contribution is 0.313. The van der Waals surface area contributed by atoms with Gasteiger partial charge in [0, 0.05) is 26.2 Å². The van der Waals surface area contributed by atoms with Gasteiger partial charge in [-0.3, -0.25) is 0 Å². The number of nitrogens with zero attached hydrogens (tertiary/aromatic N) is 2. The summed E-state index contributed by atoms with van der Waals surface area (Å²) < 4.78 is 0. The van der Waals surface area contributed by atoms with Crippen LogP contribution in [0.4, 0.5) is 5.69 Å². The minimum Gasteiger partial charge on any atom is -0.368 e. The Bertz CT molecular complexity index is 449. The molecule has 3 nitrogen and oxygen atoms in total. The fourth-order valence-electron chi connectivity index (χ4n) is 3.24. The van der Waals surface area contributed by atoms with E-state index in [1.54, 1.807) is 0 Å². The summed E-state index contributed by atoms with van der Waals surface area (Å²) in [5.41, 5.74) is 2.62. The molecule has 3 rings (SSSR count). The van der Waals surface area contributed by atoms with Gasteiger partial charge in [0.1, 0.15) is 0 Å². The maximum absolute atomic E-state index is 6.55. The summed E-state index contributed by atoms with van der Waals surface area (Å²) in [5, 5.41) is 4.34. The van der Waals surface area contributed by atoms with Gasteiger partial charge in [-0.05, 0) is 56.6 Å². The smallest absolute Gasteiger partial charge is 0.0642 e. The van der Waals surface area contributed by atoms with Gasteiger partial charge >= 0.3 is 0 Å². The zero-order valence-electron chi connectivity index (χ0n) is 12.2. The Hall–Kier alpha value is -0.770. The average molecular weight is 294 g/mol. The Kier molecular flexibility index (Phi) is 4.49. The Morgan fingerprint density at radius 3 is 2.45 bits per heavy atom. The second kappa shape index (κ2) is 6.33. The average Bonchev–Trinajstić information content (AvgIpc) is 2.49. The van der Waals surface area contributed by atoms with Crippen LogP contribution in [0.25, 0.3) is 0 Å². The number of benzene rings is 1. The van der Waals surface area contributed by atoms with Crippen molar-refractivity contribution >= 4 is 17.3 Å². The SMILES string of the molecule is CN1CCN(c2ccc(C3CCNCC3)cc2Cl)CC1. The third-order valence-corrected chi connectivity index (χ3v) is 4.93. The van der Waals surface area contributed by atoms with Crippen LogP contribution in [0, 0.1) is 0 Å². The van der Waals surface area contributed by atoms with Gasteiger partial charge in [0.15, 0.2) is 0 Å². The van der Waals surface area contributed by atoms with E-state index in [9.17, 15) is 0 Å². The summed E-state index contributed by atoms with van der Waals surface area (Å²) in [7, 11) is 2.18. The van der Waals surface area contributed by atoms with Gasteiger partial charge in [-0.1, -0.05) is 17.7 Å². The predicted octanol–water partition coefficient (Wildman–Crippen LogP) is 2.56. The molecule has 0 bridgehead atoms. The molecule has 2 aliphatic heterocycles. The Labute approximate surface area is 126 Å². The zero-order chi connectivity index (χ0) is 13.9. The maximum atomic E-state index is 6.55. The minimum absolute atomic E-state index is 0.676. The van der Waals surface area contributed by atoms with E-state index in [2.05, 4.69) is 40.4 Å². The van der Waals surface area contributed by atoms with E-state index in [1.165, 1.54) is 24.1 Å². The normalized spacial score (nSPS) is 22.2. The number of likely N-dealkylation sites (N-methyl/N-ethyl adjacent to an activating group) is 1. The second-order valence-corrected chi connectivity index (χ2v) is 6.43. The van der Waals surface area contributed by atoms with E-state index < -0.39 is 0 Å². The predicted molar refractivity (Wildman–Crippen MR) is 86.0 cm³/mol. The first-order chi connectivity index (χ1) is 9.74. The van der Waals surface area contributed by atoms with Gasteiger partial charge in [0.05, 0.1) is 10.7 Å². The molecular weight excluding hydrogens is 270 g/mol. The summed E-state index contributed by atoms with van der Waals surface area (Å²) in [6.45, 7) is 6.63. The summed E-state index contributed by atoms with van der Waals surface area (Å²) in [6, 6.07) is 6.71. The van der Waals surface area contributed by atoms with E-state index in [4.69, 9.17) is 11.6 Å². The molecule has 1 aromatic rings. The number of halogens is 1. The van der Waals surface area contributed by atoms with Crippen LogP contribution in [0.1, 0.15) is 24.3 Å². The van der Waals surface area contributed by atoms with Crippen molar-refractivity contribution in [2.45, 2.75) is 18.8 Å². The summed E-state index contributed by atoms with van der Waals surface area (Å²) >= 11 is 6.55. The van der Waals surface area contributed by atoms with Crippen molar-refractivity contribution in [3.8, 4) is 0 Å². The maximum Gasteiger partial charge on any atom is 0.0642 e. The lowest BCUT2D eigenvalue weighted by atomic mass is 9.90. The molecular formula is C16H24ClN3. The molecule has 4 heteroatoms. The number of piperazine rings is 1. The van der Waals surface area contributed by atoms with Crippen LogP contribution in [0.3, 0.4) is 0 Å². The quantitative estimate of drug-likeness (QED) is 0.904. The lowest BCUT2D eigenvalue weighted by Gasteiger charge is -2.35. The molecule has 2 aliphatic rings. The van der Waals surface area contributed by atoms with Crippen molar-refractivity contribution in [2.24, 2.45) is 0 Å². The molecule has 2 heterocycles. The molecule has 0 radical (unpaired) electrons. The van der Waals surface area contributed by atoms with E-state index >= 15 is 0 Å². The van der Waals surface area contributed by atoms with Gasteiger partial charge in [-0.25, -0.2) is 0 Å². The number of hydrogen-bond donors (Lipinski definition) is 1. The minimum atomic E-state index is 0.676. The van der Waals surface area contributed by atoms with Gasteiger partial charge in [0.25, 0.3) is 0 Å². The number of hydrogen-bond acceptors (Lipinski definition) is 3. The Morgan fingerprint density at radius 2 is 1.80 bits per heavy atom. The van der Waals surface area contributed by atoms with Crippen molar-refractivity contribution in [3.05, 3.63) is 28.8 Å². The molecule has 0 aliphatic carbocycles. The van der Waals surface area contributed by atoms with Crippen LogP contribution in [0.5, 0.6) is 0 Å². The molecule has 0 aromatic heterocycles. The highest BCUT2D eigenvalue weighted by molar-refractivity contribution is 6.33. The molecule has 0 saturated carbocycles. The number of anilines is 1. The van der Waals surface area contributed by atoms with Crippen LogP contribution in [-0.4, -0.2) is 51.2 Å². The first-order valence-electron chi connectivity index (χ1n) is 7.68. The van der Waals surface area contributed by atoms with Gasteiger partial charge in [-0.2, -0.15) is 0 Å². The molecule has 0 spiro atoms. The van der Waals surface area contributed by atoms with Crippen molar-refractivity contribution in [2.75, 3.05) is 51.2 Å². The highest BCUT2D eigenvalue weighted by atomic mass is 35.5. The van der Waals surface area contributed by atoms with Gasteiger partial charge < -0.3 is 15.1 Å². The van der Waals surface area contributed by atoms with Gasteiger partial charge in [-0.15, -0.1) is 0 Å². The largest absolute Gasteiger partial charge is 0.368 e. The summed E-state index contributed by atoms with van der Waals surface area (Å²) in [5.74, 6) is 0.676. The van der Waals surface area contributed by atoms with Crippen LogP contribution in [0.2, 0.25) is 5.02 Å². The van der Waals surface area contributed by atoms with E-state index in [-0.39, 0.29) is 0 Å². The van der Waals surface area contributed by atoms with E-state index in [0.717, 1.165) is 44.3 Å². The molecule has 0 atom stereocenters. The first-order valence-corrected chi connectivity index (χ1v) is 8.05.